The molecule has 0 aromatic heterocycles. The second kappa shape index (κ2) is 5.33. The molecule has 0 bridgehead atoms. The van der Waals surface area contributed by atoms with Crippen molar-refractivity contribution in [3.63, 3.8) is 0 Å². The number of halogens is 3. The zero-order valence-corrected chi connectivity index (χ0v) is 11.4. The van der Waals surface area contributed by atoms with Gasteiger partial charge in [-0.15, -0.1) is 0 Å². The minimum atomic E-state index is -4.50. The Bertz CT molecular complexity index is 531. The molecule has 1 fully saturated rings. The number of anilines is 1. The molecule has 1 aromatic rings. The molecule has 1 aromatic carbocycles. The average molecular weight is 283 g/mol. The summed E-state index contributed by atoms with van der Waals surface area (Å²) >= 11 is 0. The fourth-order valence-corrected chi connectivity index (χ4v) is 2.46. The van der Waals surface area contributed by atoms with E-state index in [2.05, 4.69) is 4.90 Å². The van der Waals surface area contributed by atoms with Gasteiger partial charge >= 0.3 is 6.18 Å². The van der Waals surface area contributed by atoms with Crippen molar-refractivity contribution in [3.8, 4) is 6.07 Å². The molecule has 0 N–H and O–H groups in total. The Morgan fingerprint density at radius 3 is 2.55 bits per heavy atom. The molecule has 20 heavy (non-hydrogen) atoms. The van der Waals surface area contributed by atoms with E-state index in [1.54, 1.807) is 12.1 Å². The minimum Gasteiger partial charge on any atom is -0.370 e. The van der Waals surface area contributed by atoms with Crippen LogP contribution in [0.4, 0.5) is 18.9 Å². The van der Waals surface area contributed by atoms with Gasteiger partial charge in [-0.2, -0.15) is 18.4 Å². The van der Waals surface area contributed by atoms with Gasteiger partial charge in [0, 0.05) is 24.8 Å². The number of rotatable bonds is 2. The second-order valence-corrected chi connectivity index (χ2v) is 5.19. The number of alkyl halides is 3. The molecule has 108 valence electrons. The van der Waals surface area contributed by atoms with Crippen LogP contribution in [0, 0.1) is 11.3 Å². The molecule has 1 unspecified atom stereocenters. The SMILES string of the molecule is CN(C)C1CCN(c2ccc(C#N)c(C(F)(F)F)c2)C1. The van der Waals surface area contributed by atoms with Crippen molar-refractivity contribution in [1.29, 1.82) is 5.26 Å². The van der Waals surface area contributed by atoms with Crippen LogP contribution in [-0.4, -0.2) is 38.1 Å². The molecule has 1 aliphatic heterocycles. The Kier molecular flexibility index (Phi) is 3.91. The first-order valence-electron chi connectivity index (χ1n) is 6.35. The Hall–Kier alpha value is -1.74. The van der Waals surface area contributed by atoms with E-state index in [1.165, 1.54) is 6.07 Å². The first kappa shape index (κ1) is 14.7. The van der Waals surface area contributed by atoms with Gasteiger partial charge in [0.1, 0.15) is 0 Å². The van der Waals surface area contributed by atoms with Gasteiger partial charge in [-0.1, -0.05) is 0 Å². The smallest absolute Gasteiger partial charge is 0.370 e. The van der Waals surface area contributed by atoms with Crippen molar-refractivity contribution in [2.24, 2.45) is 0 Å². The maximum absolute atomic E-state index is 12.9. The number of benzene rings is 1. The third kappa shape index (κ3) is 2.88. The topological polar surface area (TPSA) is 30.3 Å². The summed E-state index contributed by atoms with van der Waals surface area (Å²) in [5, 5.41) is 8.78. The highest BCUT2D eigenvalue weighted by Crippen LogP contribution is 2.35. The number of hydrogen-bond acceptors (Lipinski definition) is 3. The third-order valence-electron chi connectivity index (χ3n) is 3.69. The van der Waals surface area contributed by atoms with E-state index in [-0.39, 0.29) is 5.56 Å². The lowest BCUT2D eigenvalue weighted by atomic mass is 10.1. The van der Waals surface area contributed by atoms with Crippen LogP contribution in [0.2, 0.25) is 0 Å². The van der Waals surface area contributed by atoms with Crippen LogP contribution in [0.25, 0.3) is 0 Å². The maximum Gasteiger partial charge on any atom is 0.417 e. The van der Waals surface area contributed by atoms with Gasteiger partial charge in [-0.3, -0.25) is 0 Å². The zero-order chi connectivity index (χ0) is 14.9. The van der Waals surface area contributed by atoms with E-state index in [9.17, 15) is 13.2 Å². The second-order valence-electron chi connectivity index (χ2n) is 5.19. The van der Waals surface area contributed by atoms with Gasteiger partial charge in [-0.05, 0) is 38.7 Å². The largest absolute Gasteiger partial charge is 0.417 e. The molecule has 0 amide bonds. The van der Waals surface area contributed by atoms with Gasteiger partial charge in [0.05, 0.1) is 17.2 Å². The highest BCUT2D eigenvalue weighted by molar-refractivity contribution is 5.55. The zero-order valence-electron chi connectivity index (χ0n) is 11.4. The molecule has 0 aliphatic carbocycles. The van der Waals surface area contributed by atoms with E-state index >= 15 is 0 Å². The lowest BCUT2D eigenvalue weighted by Crippen LogP contribution is -2.31. The summed E-state index contributed by atoms with van der Waals surface area (Å²) in [5.41, 5.74) is -0.656. The minimum absolute atomic E-state index is 0.329. The standard InChI is InChI=1S/C14H16F3N3/c1-19(2)12-5-6-20(9-12)11-4-3-10(8-18)13(7-11)14(15,16)17/h3-4,7,12H,5-6,9H2,1-2H3. The molecule has 1 heterocycles. The summed E-state index contributed by atoms with van der Waals surface area (Å²) in [5.74, 6) is 0. The predicted molar refractivity (Wildman–Crippen MR) is 70.5 cm³/mol. The molecule has 2 rings (SSSR count). The summed E-state index contributed by atoms with van der Waals surface area (Å²) in [4.78, 5) is 4.01. The number of nitriles is 1. The van der Waals surface area contributed by atoms with Crippen LogP contribution in [0.5, 0.6) is 0 Å². The fourth-order valence-electron chi connectivity index (χ4n) is 2.46. The summed E-state index contributed by atoms with van der Waals surface area (Å²) in [6.45, 7) is 1.43. The van der Waals surface area contributed by atoms with Crippen LogP contribution >= 0.6 is 0 Å². The summed E-state index contributed by atoms with van der Waals surface area (Å²) in [7, 11) is 3.93. The maximum atomic E-state index is 12.9. The van der Waals surface area contributed by atoms with Crippen LogP contribution < -0.4 is 4.90 Å². The van der Waals surface area contributed by atoms with E-state index in [0.29, 0.717) is 18.3 Å². The van der Waals surface area contributed by atoms with E-state index < -0.39 is 11.7 Å². The molecule has 1 saturated heterocycles. The molecule has 1 atom stereocenters. The lowest BCUT2D eigenvalue weighted by molar-refractivity contribution is -0.137. The Balaban J connectivity index is 2.29. The van der Waals surface area contributed by atoms with Gasteiger partial charge in [0.15, 0.2) is 0 Å². The van der Waals surface area contributed by atoms with Crippen molar-refractivity contribution >= 4 is 5.69 Å². The molecular formula is C14H16F3N3. The quantitative estimate of drug-likeness (QED) is 0.836. The van der Waals surface area contributed by atoms with Crippen LogP contribution in [-0.2, 0) is 6.18 Å². The highest BCUT2D eigenvalue weighted by Gasteiger charge is 2.35. The van der Waals surface area contributed by atoms with Gasteiger partial charge in [0.2, 0.25) is 0 Å². The van der Waals surface area contributed by atoms with Crippen LogP contribution in [0.1, 0.15) is 17.5 Å². The first-order valence-corrected chi connectivity index (χ1v) is 6.35. The van der Waals surface area contributed by atoms with Gasteiger partial charge in [0.25, 0.3) is 0 Å². The number of nitrogens with zero attached hydrogens (tertiary/aromatic N) is 3. The molecule has 0 spiro atoms. The Morgan fingerprint density at radius 1 is 1.35 bits per heavy atom. The Labute approximate surface area is 116 Å². The third-order valence-corrected chi connectivity index (χ3v) is 3.69. The predicted octanol–water partition coefficient (Wildman–Crippen LogP) is 2.72. The van der Waals surface area contributed by atoms with E-state index in [0.717, 1.165) is 19.0 Å². The van der Waals surface area contributed by atoms with Gasteiger partial charge in [-0.25, -0.2) is 0 Å². The van der Waals surface area contributed by atoms with Crippen molar-refractivity contribution in [2.45, 2.75) is 18.6 Å². The molecule has 0 saturated carbocycles. The van der Waals surface area contributed by atoms with Crippen LogP contribution in [0.15, 0.2) is 18.2 Å². The van der Waals surface area contributed by atoms with Crippen molar-refractivity contribution in [2.75, 3.05) is 32.1 Å². The molecule has 0 radical (unpaired) electrons. The Morgan fingerprint density at radius 2 is 2.05 bits per heavy atom. The summed E-state index contributed by atoms with van der Waals surface area (Å²) in [6.07, 6.45) is -3.57. The van der Waals surface area contributed by atoms with Crippen molar-refractivity contribution in [3.05, 3.63) is 29.3 Å². The monoisotopic (exact) mass is 283 g/mol. The average Bonchev–Trinajstić information content (AvgIpc) is 2.86. The lowest BCUT2D eigenvalue weighted by Gasteiger charge is -2.22. The van der Waals surface area contributed by atoms with Crippen molar-refractivity contribution < 1.29 is 13.2 Å². The first-order chi connectivity index (χ1) is 9.32. The molecular weight excluding hydrogens is 267 g/mol. The number of likely N-dealkylation sites (N-methyl/N-ethyl adjacent to an activating group) is 1. The fraction of sp³-hybridized carbons (Fsp3) is 0.500. The van der Waals surface area contributed by atoms with Crippen molar-refractivity contribution in [1.82, 2.24) is 4.90 Å². The summed E-state index contributed by atoms with van der Waals surface area (Å²) < 4.78 is 38.8. The normalized spacial score (nSPS) is 19.4. The number of hydrogen-bond donors (Lipinski definition) is 0. The highest BCUT2D eigenvalue weighted by atomic mass is 19.4. The molecule has 1 aliphatic rings. The molecule has 3 nitrogen and oxygen atoms in total. The molecule has 6 heteroatoms. The van der Waals surface area contributed by atoms with Crippen LogP contribution in [0.3, 0.4) is 0 Å². The van der Waals surface area contributed by atoms with Gasteiger partial charge < -0.3 is 9.80 Å². The van der Waals surface area contributed by atoms with E-state index in [1.807, 2.05) is 19.0 Å². The van der Waals surface area contributed by atoms with E-state index in [4.69, 9.17) is 5.26 Å². The summed E-state index contributed by atoms with van der Waals surface area (Å²) in [6, 6.07) is 5.87.